The molecule has 0 fully saturated rings. The Hall–Kier alpha value is -1.49. The second kappa shape index (κ2) is 7.94. The molecule has 2 nitrogen and oxygen atoms in total. The molecule has 0 bridgehead atoms. The van der Waals surface area contributed by atoms with Gasteiger partial charge in [0, 0.05) is 6.54 Å². The fourth-order valence-electron chi connectivity index (χ4n) is 1.70. The SMILES string of the molecule is C=CCCOc1ccc(CNCCC)cc1C(F)(F)F. The van der Waals surface area contributed by atoms with Crippen LogP contribution in [0.25, 0.3) is 0 Å². The van der Waals surface area contributed by atoms with Crippen LogP contribution in [0.15, 0.2) is 30.9 Å². The van der Waals surface area contributed by atoms with Gasteiger partial charge in [-0.3, -0.25) is 0 Å². The van der Waals surface area contributed by atoms with E-state index in [4.69, 9.17) is 4.74 Å². The molecule has 0 saturated carbocycles. The first kappa shape index (κ1) is 16.6. The van der Waals surface area contributed by atoms with Crippen LogP contribution >= 0.6 is 0 Å². The summed E-state index contributed by atoms with van der Waals surface area (Å²) in [7, 11) is 0. The second-order valence-corrected chi connectivity index (χ2v) is 4.43. The summed E-state index contributed by atoms with van der Waals surface area (Å²) in [5, 5.41) is 3.08. The van der Waals surface area contributed by atoms with Crippen molar-refractivity contribution in [3.8, 4) is 5.75 Å². The van der Waals surface area contributed by atoms with E-state index in [2.05, 4.69) is 11.9 Å². The van der Waals surface area contributed by atoms with E-state index < -0.39 is 11.7 Å². The average molecular weight is 287 g/mol. The second-order valence-electron chi connectivity index (χ2n) is 4.43. The summed E-state index contributed by atoms with van der Waals surface area (Å²) < 4.78 is 44.2. The van der Waals surface area contributed by atoms with E-state index in [1.165, 1.54) is 6.07 Å². The highest BCUT2D eigenvalue weighted by Gasteiger charge is 2.34. The van der Waals surface area contributed by atoms with Crippen molar-refractivity contribution < 1.29 is 17.9 Å². The maximum absolute atomic E-state index is 13.0. The quantitative estimate of drug-likeness (QED) is 0.572. The van der Waals surface area contributed by atoms with Crippen LogP contribution in [0.4, 0.5) is 13.2 Å². The average Bonchev–Trinajstić information content (AvgIpc) is 2.39. The molecule has 0 unspecified atom stereocenters. The molecule has 1 rings (SSSR count). The summed E-state index contributed by atoms with van der Waals surface area (Å²) in [6, 6.07) is 4.18. The Kier molecular flexibility index (Phi) is 6.58. The van der Waals surface area contributed by atoms with Gasteiger partial charge in [-0.1, -0.05) is 19.1 Å². The monoisotopic (exact) mass is 287 g/mol. The maximum atomic E-state index is 13.0. The molecule has 1 aromatic rings. The van der Waals surface area contributed by atoms with Gasteiger partial charge in [-0.05, 0) is 37.1 Å². The minimum Gasteiger partial charge on any atom is -0.493 e. The smallest absolute Gasteiger partial charge is 0.419 e. The number of nitrogens with one attached hydrogen (secondary N) is 1. The normalized spacial score (nSPS) is 11.4. The molecule has 0 heterocycles. The van der Waals surface area contributed by atoms with Crippen molar-refractivity contribution in [2.75, 3.05) is 13.2 Å². The van der Waals surface area contributed by atoms with Gasteiger partial charge in [0.05, 0.1) is 12.2 Å². The van der Waals surface area contributed by atoms with Gasteiger partial charge in [0.1, 0.15) is 5.75 Å². The predicted octanol–water partition coefficient (Wildman–Crippen LogP) is 4.16. The van der Waals surface area contributed by atoms with E-state index in [1.807, 2.05) is 6.92 Å². The predicted molar refractivity (Wildman–Crippen MR) is 73.8 cm³/mol. The minimum absolute atomic E-state index is 0.126. The van der Waals surface area contributed by atoms with Crippen LogP contribution in [0.3, 0.4) is 0 Å². The van der Waals surface area contributed by atoms with Crippen molar-refractivity contribution >= 4 is 0 Å². The molecule has 0 atom stereocenters. The molecule has 1 aromatic carbocycles. The fraction of sp³-hybridized carbons (Fsp3) is 0.467. The molecule has 0 aliphatic carbocycles. The molecule has 20 heavy (non-hydrogen) atoms. The third kappa shape index (κ3) is 5.25. The van der Waals surface area contributed by atoms with Gasteiger partial charge >= 0.3 is 6.18 Å². The van der Waals surface area contributed by atoms with E-state index in [-0.39, 0.29) is 12.4 Å². The van der Waals surface area contributed by atoms with Gasteiger partial charge in [-0.15, -0.1) is 6.58 Å². The Balaban J connectivity index is 2.86. The zero-order valence-corrected chi connectivity index (χ0v) is 11.6. The molecule has 1 N–H and O–H groups in total. The lowest BCUT2D eigenvalue weighted by molar-refractivity contribution is -0.139. The zero-order chi connectivity index (χ0) is 15.0. The standard InChI is InChI=1S/C15H20F3NO/c1-3-5-9-20-14-7-6-12(11-19-8-4-2)10-13(14)15(16,17)18/h3,6-7,10,19H,1,4-5,8-9,11H2,2H3. The summed E-state index contributed by atoms with van der Waals surface area (Å²) in [5.41, 5.74) is -0.126. The summed E-state index contributed by atoms with van der Waals surface area (Å²) in [4.78, 5) is 0. The third-order valence-corrected chi connectivity index (χ3v) is 2.68. The molecule has 0 radical (unpaired) electrons. The Labute approximate surface area is 117 Å². The Morgan fingerprint density at radius 3 is 2.70 bits per heavy atom. The molecule has 0 spiro atoms. The lowest BCUT2D eigenvalue weighted by Crippen LogP contribution is -2.15. The van der Waals surface area contributed by atoms with Gasteiger partial charge in [-0.25, -0.2) is 0 Å². The van der Waals surface area contributed by atoms with Crippen molar-refractivity contribution in [1.82, 2.24) is 5.32 Å². The molecular weight excluding hydrogens is 267 g/mol. The van der Waals surface area contributed by atoms with Crippen LogP contribution in [-0.2, 0) is 12.7 Å². The Morgan fingerprint density at radius 1 is 1.35 bits per heavy atom. The molecule has 0 aliphatic heterocycles. The first-order valence-corrected chi connectivity index (χ1v) is 6.63. The highest BCUT2D eigenvalue weighted by atomic mass is 19.4. The van der Waals surface area contributed by atoms with E-state index >= 15 is 0 Å². The zero-order valence-electron chi connectivity index (χ0n) is 11.6. The minimum atomic E-state index is -4.41. The molecule has 5 heteroatoms. The summed E-state index contributed by atoms with van der Waals surface area (Å²) in [5.74, 6) is -0.126. The highest BCUT2D eigenvalue weighted by Crippen LogP contribution is 2.36. The number of hydrogen-bond donors (Lipinski definition) is 1. The number of halogens is 3. The van der Waals surface area contributed by atoms with Gasteiger partial charge < -0.3 is 10.1 Å². The van der Waals surface area contributed by atoms with Crippen molar-refractivity contribution in [1.29, 1.82) is 0 Å². The molecule has 0 aromatic heterocycles. The summed E-state index contributed by atoms with van der Waals surface area (Å²) in [6.45, 7) is 6.90. The number of alkyl halides is 3. The Bertz CT molecular complexity index is 430. The molecule has 112 valence electrons. The van der Waals surface area contributed by atoms with Gasteiger partial charge in [0.25, 0.3) is 0 Å². The lowest BCUT2D eigenvalue weighted by atomic mass is 10.1. The number of ether oxygens (including phenoxy) is 1. The number of hydrogen-bond acceptors (Lipinski definition) is 2. The van der Waals surface area contributed by atoms with Crippen LogP contribution in [0, 0.1) is 0 Å². The number of benzene rings is 1. The molecule has 0 saturated heterocycles. The fourth-order valence-corrected chi connectivity index (χ4v) is 1.70. The van der Waals surface area contributed by atoms with E-state index in [0.29, 0.717) is 18.5 Å². The van der Waals surface area contributed by atoms with Crippen LogP contribution in [0.5, 0.6) is 5.75 Å². The van der Waals surface area contributed by atoms with E-state index in [0.717, 1.165) is 19.0 Å². The van der Waals surface area contributed by atoms with E-state index in [9.17, 15) is 13.2 Å². The van der Waals surface area contributed by atoms with Gasteiger partial charge in [0.2, 0.25) is 0 Å². The van der Waals surface area contributed by atoms with Crippen molar-refractivity contribution in [3.63, 3.8) is 0 Å². The molecular formula is C15H20F3NO. The summed E-state index contributed by atoms with van der Waals surface area (Å²) in [6.07, 6.45) is -1.35. The van der Waals surface area contributed by atoms with Crippen LogP contribution in [0.1, 0.15) is 30.9 Å². The van der Waals surface area contributed by atoms with Gasteiger partial charge in [-0.2, -0.15) is 13.2 Å². The highest BCUT2D eigenvalue weighted by molar-refractivity contribution is 5.39. The largest absolute Gasteiger partial charge is 0.493 e. The molecule has 0 aliphatic rings. The molecule has 0 amide bonds. The van der Waals surface area contributed by atoms with Gasteiger partial charge in [0.15, 0.2) is 0 Å². The third-order valence-electron chi connectivity index (χ3n) is 2.68. The Morgan fingerprint density at radius 2 is 2.10 bits per heavy atom. The maximum Gasteiger partial charge on any atom is 0.419 e. The first-order chi connectivity index (χ1) is 9.49. The first-order valence-electron chi connectivity index (χ1n) is 6.63. The van der Waals surface area contributed by atoms with Crippen LogP contribution in [-0.4, -0.2) is 13.2 Å². The van der Waals surface area contributed by atoms with Crippen molar-refractivity contribution in [2.24, 2.45) is 0 Å². The summed E-state index contributed by atoms with van der Waals surface area (Å²) >= 11 is 0. The van der Waals surface area contributed by atoms with Crippen molar-refractivity contribution in [2.45, 2.75) is 32.5 Å². The van der Waals surface area contributed by atoms with E-state index in [1.54, 1.807) is 12.1 Å². The lowest BCUT2D eigenvalue weighted by Gasteiger charge is -2.15. The van der Waals surface area contributed by atoms with Crippen LogP contribution in [0.2, 0.25) is 0 Å². The topological polar surface area (TPSA) is 21.3 Å². The number of rotatable bonds is 8. The van der Waals surface area contributed by atoms with Crippen LogP contribution < -0.4 is 10.1 Å². The van der Waals surface area contributed by atoms with Crippen molar-refractivity contribution in [3.05, 3.63) is 42.0 Å².